The summed E-state index contributed by atoms with van der Waals surface area (Å²) in [6.07, 6.45) is 0.574. The monoisotopic (exact) mass is 378 g/mol. The summed E-state index contributed by atoms with van der Waals surface area (Å²) in [6.45, 7) is 3.33. The topological polar surface area (TPSA) is 112 Å². The van der Waals surface area contributed by atoms with Gasteiger partial charge in [0, 0.05) is 23.1 Å². The molecule has 2 aliphatic rings. The zero-order chi connectivity index (χ0) is 20.3. The molecule has 6 nitrogen and oxygen atoms in total. The fourth-order valence-corrected chi connectivity index (χ4v) is 4.08. The Labute approximate surface area is 160 Å². The number of hydrogen-bond acceptors (Lipinski definition) is 6. The maximum atomic E-state index is 13.1. The maximum Gasteiger partial charge on any atom is 0.194 e. The molecule has 142 valence electrons. The molecule has 3 N–H and O–H groups in total. The first-order chi connectivity index (χ1) is 13.2. The van der Waals surface area contributed by atoms with Crippen LogP contribution in [0.3, 0.4) is 0 Å². The number of aromatic hydroxyl groups is 2. The van der Waals surface area contributed by atoms with E-state index >= 15 is 0 Å². The smallest absolute Gasteiger partial charge is 0.194 e. The molecule has 2 aromatic carbocycles. The van der Waals surface area contributed by atoms with E-state index in [1.54, 1.807) is 19.9 Å². The Bertz CT molecular complexity index is 1120. The summed E-state index contributed by atoms with van der Waals surface area (Å²) in [5.74, 6) is -2.05. The largest absolute Gasteiger partial charge is 0.507 e. The number of fused-ring (bicyclic) bond motifs is 2. The van der Waals surface area contributed by atoms with Crippen LogP contribution in [0.2, 0.25) is 0 Å². The van der Waals surface area contributed by atoms with Crippen LogP contribution in [0.25, 0.3) is 5.57 Å². The van der Waals surface area contributed by atoms with E-state index in [-0.39, 0.29) is 52.2 Å². The Morgan fingerprint density at radius 1 is 0.964 bits per heavy atom. The van der Waals surface area contributed by atoms with Crippen molar-refractivity contribution in [2.45, 2.75) is 32.8 Å². The molecular weight excluding hydrogens is 360 g/mol. The van der Waals surface area contributed by atoms with Gasteiger partial charge in [0.25, 0.3) is 0 Å². The molecule has 0 amide bonds. The molecule has 0 bridgehead atoms. The second-order valence-corrected chi connectivity index (χ2v) is 7.32. The quantitative estimate of drug-likeness (QED) is 0.703. The summed E-state index contributed by atoms with van der Waals surface area (Å²) in [5.41, 5.74) is 1.47. The molecule has 1 unspecified atom stereocenters. The van der Waals surface area contributed by atoms with Gasteiger partial charge in [-0.2, -0.15) is 0 Å². The molecule has 1 atom stereocenters. The lowest BCUT2D eigenvalue weighted by Crippen LogP contribution is -2.20. The number of rotatable bonds is 1. The fourth-order valence-electron chi connectivity index (χ4n) is 4.08. The molecule has 4 rings (SSSR count). The molecule has 0 radical (unpaired) electrons. The minimum atomic E-state index is -0.871. The van der Waals surface area contributed by atoms with Gasteiger partial charge in [-0.05, 0) is 55.2 Å². The van der Waals surface area contributed by atoms with Crippen molar-refractivity contribution in [3.63, 3.8) is 0 Å². The van der Waals surface area contributed by atoms with Crippen LogP contribution in [0.4, 0.5) is 0 Å². The number of phenolic OH excluding ortho intramolecular Hbond substituents is 2. The molecule has 0 aliphatic heterocycles. The highest BCUT2D eigenvalue weighted by Gasteiger charge is 2.35. The summed E-state index contributed by atoms with van der Waals surface area (Å²) < 4.78 is 0. The van der Waals surface area contributed by atoms with Crippen molar-refractivity contribution >= 4 is 22.9 Å². The van der Waals surface area contributed by atoms with E-state index in [2.05, 4.69) is 0 Å². The number of aryl methyl sites for hydroxylation is 2. The lowest BCUT2D eigenvalue weighted by molar-refractivity contribution is 0.0892. The Balaban J connectivity index is 1.96. The van der Waals surface area contributed by atoms with E-state index in [4.69, 9.17) is 0 Å². The van der Waals surface area contributed by atoms with Crippen molar-refractivity contribution in [1.29, 1.82) is 0 Å². The lowest BCUT2D eigenvalue weighted by Gasteiger charge is -2.25. The minimum absolute atomic E-state index is 0.00150. The maximum absolute atomic E-state index is 13.1. The molecule has 0 heterocycles. The summed E-state index contributed by atoms with van der Waals surface area (Å²) in [6, 6.07) is 4.50. The predicted molar refractivity (Wildman–Crippen MR) is 101 cm³/mol. The van der Waals surface area contributed by atoms with E-state index in [0.717, 1.165) is 6.08 Å². The van der Waals surface area contributed by atoms with Crippen LogP contribution in [0.15, 0.2) is 24.3 Å². The van der Waals surface area contributed by atoms with Gasteiger partial charge in [-0.15, -0.1) is 0 Å². The number of hydrogen-bond donors (Lipinski definition) is 3. The van der Waals surface area contributed by atoms with Crippen molar-refractivity contribution in [1.82, 2.24) is 0 Å². The van der Waals surface area contributed by atoms with Crippen molar-refractivity contribution < 1.29 is 29.7 Å². The van der Waals surface area contributed by atoms with Crippen LogP contribution in [-0.4, -0.2) is 32.7 Å². The standard InChI is InChI=1S/C22H18O6/c1-9-5-12-19(16(25)6-9)17(26)8-13(21(12)27)18-10(2)7-11-14(23)3-4-15(24)20(11)22(18)28/h5-8,14,23,25,28H,3-4H2,1-2H3. The number of aliphatic hydroxyl groups is 1. The Kier molecular flexibility index (Phi) is 3.97. The fraction of sp³-hybridized carbons (Fsp3) is 0.227. The van der Waals surface area contributed by atoms with Crippen LogP contribution in [0.5, 0.6) is 11.5 Å². The van der Waals surface area contributed by atoms with E-state index in [9.17, 15) is 29.7 Å². The van der Waals surface area contributed by atoms with Crippen molar-refractivity contribution in [2.24, 2.45) is 0 Å². The van der Waals surface area contributed by atoms with Gasteiger partial charge in [0.15, 0.2) is 17.3 Å². The molecule has 0 spiro atoms. The van der Waals surface area contributed by atoms with Gasteiger partial charge in [0.2, 0.25) is 0 Å². The molecule has 0 fully saturated rings. The molecule has 2 aliphatic carbocycles. The van der Waals surface area contributed by atoms with Gasteiger partial charge in [0.1, 0.15) is 11.5 Å². The number of aliphatic hydroxyl groups excluding tert-OH is 1. The van der Waals surface area contributed by atoms with E-state index in [1.807, 2.05) is 0 Å². The highest BCUT2D eigenvalue weighted by atomic mass is 16.3. The van der Waals surface area contributed by atoms with Gasteiger partial charge in [-0.1, -0.05) is 6.07 Å². The van der Waals surface area contributed by atoms with Crippen LogP contribution in [-0.2, 0) is 0 Å². The average molecular weight is 378 g/mol. The molecule has 6 heteroatoms. The van der Waals surface area contributed by atoms with Crippen molar-refractivity contribution in [3.8, 4) is 11.5 Å². The Morgan fingerprint density at radius 2 is 1.68 bits per heavy atom. The third kappa shape index (κ3) is 2.49. The molecule has 0 aromatic heterocycles. The normalized spacial score (nSPS) is 18.6. The number of Topliss-reactive ketones (excluding diaryl/α,β-unsaturated/α-hetero) is 2. The van der Waals surface area contributed by atoms with Crippen molar-refractivity contribution in [3.05, 3.63) is 63.2 Å². The van der Waals surface area contributed by atoms with Crippen LogP contribution in [0.1, 0.15) is 72.3 Å². The predicted octanol–water partition coefficient (Wildman–Crippen LogP) is 3.19. The SMILES string of the molecule is Cc1cc(O)c2c(c1)C(=O)C(c1c(C)cc3c(c1O)C(=O)CCC3O)=CC2=O. The van der Waals surface area contributed by atoms with E-state index in [1.165, 1.54) is 12.1 Å². The van der Waals surface area contributed by atoms with Gasteiger partial charge in [-0.25, -0.2) is 0 Å². The zero-order valence-electron chi connectivity index (χ0n) is 15.4. The summed E-state index contributed by atoms with van der Waals surface area (Å²) in [5, 5.41) is 31.1. The van der Waals surface area contributed by atoms with Gasteiger partial charge < -0.3 is 15.3 Å². The molecule has 28 heavy (non-hydrogen) atoms. The first-order valence-electron chi connectivity index (χ1n) is 8.93. The van der Waals surface area contributed by atoms with Crippen LogP contribution in [0, 0.1) is 13.8 Å². The molecule has 2 aromatic rings. The molecule has 0 saturated carbocycles. The summed E-state index contributed by atoms with van der Waals surface area (Å²) in [4.78, 5) is 38.1. The first-order valence-corrected chi connectivity index (χ1v) is 8.93. The highest BCUT2D eigenvalue weighted by Crippen LogP contribution is 2.43. The third-order valence-electron chi connectivity index (χ3n) is 5.35. The summed E-state index contributed by atoms with van der Waals surface area (Å²) >= 11 is 0. The van der Waals surface area contributed by atoms with Gasteiger partial charge in [0.05, 0.1) is 17.2 Å². The zero-order valence-corrected chi connectivity index (χ0v) is 15.4. The number of ketones is 3. The Morgan fingerprint density at radius 3 is 2.39 bits per heavy atom. The van der Waals surface area contributed by atoms with E-state index in [0.29, 0.717) is 16.7 Å². The number of allylic oxidation sites excluding steroid dienone is 2. The average Bonchev–Trinajstić information content (AvgIpc) is 2.61. The van der Waals surface area contributed by atoms with Crippen molar-refractivity contribution in [2.75, 3.05) is 0 Å². The number of phenols is 2. The number of carbonyl (C=O) groups is 3. The van der Waals surface area contributed by atoms with Crippen LogP contribution < -0.4 is 0 Å². The summed E-state index contributed by atoms with van der Waals surface area (Å²) in [7, 11) is 0. The third-order valence-corrected chi connectivity index (χ3v) is 5.35. The van der Waals surface area contributed by atoms with E-state index < -0.39 is 23.4 Å². The second kappa shape index (κ2) is 6.14. The van der Waals surface area contributed by atoms with Gasteiger partial charge in [-0.3, -0.25) is 14.4 Å². The first kappa shape index (κ1) is 18.1. The second-order valence-electron chi connectivity index (χ2n) is 7.32. The van der Waals surface area contributed by atoms with Gasteiger partial charge >= 0.3 is 0 Å². The minimum Gasteiger partial charge on any atom is -0.507 e. The Hall–Kier alpha value is -3.25. The highest BCUT2D eigenvalue weighted by molar-refractivity contribution is 6.39. The molecular formula is C22H18O6. The lowest BCUT2D eigenvalue weighted by atomic mass is 9.79. The van der Waals surface area contributed by atoms with Crippen LogP contribution >= 0.6 is 0 Å². The number of carbonyl (C=O) groups excluding carboxylic acids is 3. The number of benzene rings is 2. The molecule has 0 saturated heterocycles.